The second-order valence-electron chi connectivity index (χ2n) is 7.02. The summed E-state index contributed by atoms with van der Waals surface area (Å²) in [5.41, 5.74) is 2.31. The fourth-order valence-corrected chi connectivity index (χ4v) is 3.51. The van der Waals surface area contributed by atoms with E-state index in [2.05, 4.69) is 10.6 Å². The lowest BCUT2D eigenvalue weighted by Gasteiger charge is -2.15. The van der Waals surface area contributed by atoms with Crippen LogP contribution in [0.4, 0.5) is 0 Å². The lowest BCUT2D eigenvalue weighted by Crippen LogP contribution is -2.39. The van der Waals surface area contributed by atoms with E-state index in [9.17, 15) is 4.79 Å². The van der Waals surface area contributed by atoms with E-state index in [1.54, 1.807) is 44.6 Å². The summed E-state index contributed by atoms with van der Waals surface area (Å²) in [5.74, 6) is 1.22. The average molecular weight is 485 g/mol. The number of halogens is 1. The molecule has 0 spiro atoms. The van der Waals surface area contributed by atoms with E-state index in [-0.39, 0.29) is 11.0 Å². The quantitative estimate of drug-likeness (QED) is 0.426. The van der Waals surface area contributed by atoms with Gasteiger partial charge < -0.3 is 19.5 Å². The number of carbonyl (C=O) groups is 1. The van der Waals surface area contributed by atoms with E-state index in [0.29, 0.717) is 41.0 Å². The first-order valence-electron chi connectivity index (χ1n) is 10.3. The number of hydrogen-bond donors (Lipinski definition) is 2. The molecule has 3 aromatic carbocycles. The highest BCUT2D eigenvalue weighted by molar-refractivity contribution is 7.80. The highest BCUT2D eigenvalue weighted by Crippen LogP contribution is 2.33. The smallest absolute Gasteiger partial charge is 0.261 e. The number of thiocarbonyl (C=S) groups is 1. The van der Waals surface area contributed by atoms with Crippen molar-refractivity contribution in [2.45, 2.75) is 13.0 Å². The average Bonchev–Trinajstić information content (AvgIpc) is 2.84. The zero-order chi connectivity index (χ0) is 23.6. The Kier molecular flexibility index (Phi) is 8.92. The van der Waals surface area contributed by atoms with Crippen molar-refractivity contribution in [3.8, 4) is 17.2 Å². The molecule has 0 saturated carbocycles. The number of carbonyl (C=O) groups excluding carboxylic acids is 1. The van der Waals surface area contributed by atoms with E-state index >= 15 is 0 Å². The molecule has 3 rings (SSSR count). The number of rotatable bonds is 9. The molecule has 0 heterocycles. The number of methoxy groups -OCH3 is 2. The Hall–Kier alpha value is -3.29. The van der Waals surface area contributed by atoms with Crippen LogP contribution in [0.25, 0.3) is 0 Å². The molecule has 1 amide bonds. The van der Waals surface area contributed by atoms with E-state index in [1.165, 1.54) is 5.56 Å². The number of amides is 1. The van der Waals surface area contributed by atoms with E-state index < -0.39 is 0 Å². The van der Waals surface area contributed by atoms with Gasteiger partial charge in [0.25, 0.3) is 5.91 Å². The Balaban J connectivity index is 1.57. The maximum absolute atomic E-state index is 12.8. The predicted octanol–water partition coefficient (Wildman–Crippen LogP) is 4.78. The van der Waals surface area contributed by atoms with Crippen LogP contribution in [0.2, 0.25) is 5.02 Å². The Morgan fingerprint density at radius 2 is 1.61 bits per heavy atom. The van der Waals surface area contributed by atoms with Gasteiger partial charge in [-0.05, 0) is 41.5 Å². The summed E-state index contributed by atoms with van der Waals surface area (Å²) in [6, 6.07) is 20.5. The standard InChI is InChI=1S/C25H25ClN2O4S/c1-30-22-14-18(20(26)15-23(22)31-2)16-27-25(33)28-24(29)19-10-6-7-11-21(19)32-13-12-17-8-4-3-5-9-17/h3-11,14-15H,12-13,16H2,1-2H3,(H2,27,28,29,33). The molecule has 8 heteroatoms. The maximum atomic E-state index is 12.8. The Morgan fingerprint density at radius 1 is 0.939 bits per heavy atom. The first-order valence-corrected chi connectivity index (χ1v) is 11.1. The minimum absolute atomic E-state index is 0.171. The third kappa shape index (κ3) is 6.84. The molecule has 172 valence electrons. The first kappa shape index (κ1) is 24.4. The lowest BCUT2D eigenvalue weighted by molar-refractivity contribution is 0.0972. The van der Waals surface area contributed by atoms with Gasteiger partial charge in [0, 0.05) is 24.1 Å². The lowest BCUT2D eigenvalue weighted by atomic mass is 10.1. The van der Waals surface area contributed by atoms with Crippen molar-refractivity contribution in [3.63, 3.8) is 0 Å². The van der Waals surface area contributed by atoms with Gasteiger partial charge in [-0.1, -0.05) is 54.1 Å². The van der Waals surface area contributed by atoms with Crippen LogP contribution in [0.15, 0.2) is 66.7 Å². The van der Waals surface area contributed by atoms with Crippen LogP contribution in [0.5, 0.6) is 17.2 Å². The summed E-state index contributed by atoms with van der Waals surface area (Å²) in [6.07, 6.45) is 0.739. The fourth-order valence-electron chi connectivity index (χ4n) is 3.13. The Labute approximate surface area is 203 Å². The number of nitrogens with one attached hydrogen (secondary N) is 2. The Bertz CT molecular complexity index is 1110. The third-order valence-corrected chi connectivity index (χ3v) is 5.44. The summed E-state index contributed by atoms with van der Waals surface area (Å²) in [6.45, 7) is 0.752. The number of hydrogen-bond acceptors (Lipinski definition) is 5. The van der Waals surface area contributed by atoms with Crippen molar-refractivity contribution in [1.82, 2.24) is 10.6 Å². The van der Waals surface area contributed by atoms with Crippen molar-refractivity contribution >= 4 is 34.8 Å². The molecule has 0 aliphatic carbocycles. The molecule has 33 heavy (non-hydrogen) atoms. The molecule has 0 atom stereocenters. The highest BCUT2D eigenvalue weighted by atomic mass is 35.5. The second kappa shape index (κ2) is 12.1. The fraction of sp³-hybridized carbons (Fsp3) is 0.200. The van der Waals surface area contributed by atoms with Gasteiger partial charge in [-0.3, -0.25) is 10.1 Å². The second-order valence-corrected chi connectivity index (χ2v) is 7.83. The molecule has 0 aliphatic heterocycles. The molecule has 0 unspecified atom stereocenters. The minimum Gasteiger partial charge on any atom is -0.493 e. The zero-order valence-electron chi connectivity index (χ0n) is 18.4. The van der Waals surface area contributed by atoms with Gasteiger partial charge in [-0.2, -0.15) is 0 Å². The number of benzene rings is 3. The molecule has 3 aromatic rings. The molecule has 0 saturated heterocycles. The monoisotopic (exact) mass is 484 g/mol. The van der Waals surface area contributed by atoms with Gasteiger partial charge in [0.1, 0.15) is 5.75 Å². The van der Waals surface area contributed by atoms with Gasteiger partial charge in [-0.15, -0.1) is 0 Å². The SMILES string of the molecule is COc1cc(Cl)c(CNC(=S)NC(=O)c2ccccc2OCCc2ccccc2)cc1OC. The van der Waals surface area contributed by atoms with Crippen molar-refractivity contribution in [2.24, 2.45) is 0 Å². The van der Waals surface area contributed by atoms with Gasteiger partial charge in [0.15, 0.2) is 16.6 Å². The van der Waals surface area contributed by atoms with Crippen molar-refractivity contribution in [1.29, 1.82) is 0 Å². The molecule has 2 N–H and O–H groups in total. The van der Waals surface area contributed by atoms with Gasteiger partial charge in [0.2, 0.25) is 0 Å². The van der Waals surface area contributed by atoms with Gasteiger partial charge >= 0.3 is 0 Å². The van der Waals surface area contributed by atoms with Crippen LogP contribution >= 0.6 is 23.8 Å². The molecule has 0 bridgehead atoms. The summed E-state index contributed by atoms with van der Waals surface area (Å²) < 4.78 is 16.4. The van der Waals surface area contributed by atoms with E-state index in [0.717, 1.165) is 12.0 Å². The highest BCUT2D eigenvalue weighted by Gasteiger charge is 2.15. The van der Waals surface area contributed by atoms with Crippen LogP contribution in [0.1, 0.15) is 21.5 Å². The van der Waals surface area contributed by atoms with E-state index in [4.69, 9.17) is 38.0 Å². The van der Waals surface area contributed by atoms with Crippen molar-refractivity contribution in [3.05, 3.63) is 88.4 Å². The topological polar surface area (TPSA) is 68.8 Å². The van der Waals surface area contributed by atoms with Gasteiger partial charge in [-0.25, -0.2) is 0 Å². The number of ether oxygens (including phenoxy) is 3. The molecule has 0 radical (unpaired) electrons. The largest absolute Gasteiger partial charge is 0.493 e. The summed E-state index contributed by atoms with van der Waals surface area (Å²) >= 11 is 11.6. The molecule has 6 nitrogen and oxygen atoms in total. The van der Waals surface area contributed by atoms with Gasteiger partial charge in [0.05, 0.1) is 26.4 Å². The van der Waals surface area contributed by atoms with Crippen molar-refractivity contribution < 1.29 is 19.0 Å². The summed E-state index contributed by atoms with van der Waals surface area (Å²) in [5, 5.41) is 6.34. The van der Waals surface area contributed by atoms with Crippen LogP contribution < -0.4 is 24.8 Å². The maximum Gasteiger partial charge on any atom is 0.261 e. The molecular formula is C25H25ClN2O4S. The van der Waals surface area contributed by atoms with Crippen LogP contribution in [-0.2, 0) is 13.0 Å². The van der Waals surface area contributed by atoms with Crippen LogP contribution in [0, 0.1) is 0 Å². The summed E-state index contributed by atoms with van der Waals surface area (Å²) in [4.78, 5) is 12.8. The summed E-state index contributed by atoms with van der Waals surface area (Å²) in [7, 11) is 3.09. The normalized spacial score (nSPS) is 10.3. The predicted molar refractivity (Wildman–Crippen MR) is 134 cm³/mol. The van der Waals surface area contributed by atoms with Crippen LogP contribution in [0.3, 0.4) is 0 Å². The number of para-hydroxylation sites is 1. The molecule has 0 fully saturated rings. The van der Waals surface area contributed by atoms with Crippen molar-refractivity contribution in [2.75, 3.05) is 20.8 Å². The zero-order valence-corrected chi connectivity index (χ0v) is 20.0. The molecular weight excluding hydrogens is 460 g/mol. The molecule has 0 aliphatic rings. The van der Waals surface area contributed by atoms with E-state index in [1.807, 2.05) is 36.4 Å². The first-order chi connectivity index (χ1) is 16.0. The molecule has 0 aromatic heterocycles. The Morgan fingerprint density at radius 3 is 2.33 bits per heavy atom. The third-order valence-electron chi connectivity index (χ3n) is 4.84. The van der Waals surface area contributed by atoms with Crippen LogP contribution in [-0.4, -0.2) is 31.8 Å². The minimum atomic E-state index is -0.360.